The van der Waals surface area contributed by atoms with Crippen molar-refractivity contribution in [3.05, 3.63) is 30.1 Å². The lowest BCUT2D eigenvalue weighted by Crippen LogP contribution is -2.30. The van der Waals surface area contributed by atoms with Crippen molar-refractivity contribution in [1.29, 1.82) is 0 Å². The minimum Gasteiger partial charge on any atom is -0.307 e. The molecule has 1 aromatic heterocycles. The number of pyridine rings is 1. The Morgan fingerprint density at radius 2 is 1.93 bits per heavy atom. The highest BCUT2D eigenvalue weighted by Gasteiger charge is 2.10. The number of aromatic nitrogens is 1. The van der Waals surface area contributed by atoms with Gasteiger partial charge >= 0.3 is 0 Å². The maximum atomic E-state index is 4.04. The molecule has 0 aliphatic rings. The first-order chi connectivity index (χ1) is 7.27. The van der Waals surface area contributed by atoms with E-state index >= 15 is 0 Å². The van der Waals surface area contributed by atoms with Crippen LogP contribution in [0.15, 0.2) is 24.5 Å². The molecule has 1 N–H and O–H groups in total. The van der Waals surface area contributed by atoms with E-state index in [-0.39, 0.29) is 0 Å². The summed E-state index contributed by atoms with van der Waals surface area (Å²) in [5.74, 6) is 0. The minimum absolute atomic E-state index is 0.421. The Kier molecular flexibility index (Phi) is 5.33. The van der Waals surface area contributed by atoms with Gasteiger partial charge in [-0.2, -0.15) is 0 Å². The predicted octanol–water partition coefficient (Wildman–Crippen LogP) is 3.31. The van der Waals surface area contributed by atoms with Crippen LogP contribution in [0.1, 0.15) is 51.6 Å². The third-order valence-corrected chi connectivity index (χ3v) is 2.82. The molecule has 15 heavy (non-hydrogen) atoms. The fraction of sp³-hybridized carbons (Fsp3) is 0.615. The standard InChI is InChI=1S/C13H22N2/c1-4-6-13(5-2)15-11(3)12-7-9-14-10-8-12/h7-11,13,15H,4-6H2,1-3H3/t11-,13?/m1/s1. The largest absolute Gasteiger partial charge is 0.307 e. The van der Waals surface area contributed by atoms with Crippen LogP contribution < -0.4 is 5.32 Å². The van der Waals surface area contributed by atoms with E-state index in [0.717, 1.165) is 0 Å². The molecule has 1 unspecified atom stereocenters. The van der Waals surface area contributed by atoms with Crippen LogP contribution in [0.3, 0.4) is 0 Å². The first kappa shape index (κ1) is 12.2. The molecule has 2 nitrogen and oxygen atoms in total. The Labute approximate surface area is 93.1 Å². The van der Waals surface area contributed by atoms with Crippen LogP contribution in [-0.2, 0) is 0 Å². The molecule has 0 bridgehead atoms. The van der Waals surface area contributed by atoms with Crippen LogP contribution in [0.5, 0.6) is 0 Å². The summed E-state index contributed by atoms with van der Waals surface area (Å²) < 4.78 is 0. The van der Waals surface area contributed by atoms with Crippen molar-refractivity contribution in [2.45, 2.75) is 52.1 Å². The van der Waals surface area contributed by atoms with Crippen LogP contribution >= 0.6 is 0 Å². The van der Waals surface area contributed by atoms with Gasteiger partial charge in [-0.1, -0.05) is 20.3 Å². The van der Waals surface area contributed by atoms with Gasteiger partial charge in [0.25, 0.3) is 0 Å². The molecule has 0 aliphatic heterocycles. The molecule has 0 aliphatic carbocycles. The molecule has 1 aromatic rings. The molecule has 2 atom stereocenters. The first-order valence-electron chi connectivity index (χ1n) is 5.93. The van der Waals surface area contributed by atoms with Gasteiger partial charge in [0.05, 0.1) is 0 Å². The minimum atomic E-state index is 0.421. The lowest BCUT2D eigenvalue weighted by Gasteiger charge is -2.22. The van der Waals surface area contributed by atoms with E-state index in [0.29, 0.717) is 12.1 Å². The molecular weight excluding hydrogens is 184 g/mol. The van der Waals surface area contributed by atoms with E-state index in [4.69, 9.17) is 0 Å². The van der Waals surface area contributed by atoms with Crippen LogP contribution in [0.25, 0.3) is 0 Å². The average Bonchev–Trinajstić information content (AvgIpc) is 2.29. The molecule has 2 heteroatoms. The Bertz CT molecular complexity index is 258. The van der Waals surface area contributed by atoms with E-state index < -0.39 is 0 Å². The van der Waals surface area contributed by atoms with Gasteiger partial charge in [-0.15, -0.1) is 0 Å². The van der Waals surface area contributed by atoms with Crippen molar-refractivity contribution < 1.29 is 0 Å². The smallest absolute Gasteiger partial charge is 0.0295 e. The van der Waals surface area contributed by atoms with Gasteiger partial charge in [0.15, 0.2) is 0 Å². The summed E-state index contributed by atoms with van der Waals surface area (Å²) in [5, 5.41) is 3.66. The average molecular weight is 206 g/mol. The SMILES string of the molecule is CCCC(CC)N[C@H](C)c1ccncc1. The molecule has 0 amide bonds. The topological polar surface area (TPSA) is 24.9 Å². The first-order valence-corrected chi connectivity index (χ1v) is 5.93. The zero-order chi connectivity index (χ0) is 11.1. The second-order valence-corrected chi connectivity index (χ2v) is 4.06. The monoisotopic (exact) mass is 206 g/mol. The quantitative estimate of drug-likeness (QED) is 0.772. The Morgan fingerprint density at radius 3 is 2.47 bits per heavy atom. The third-order valence-electron chi connectivity index (χ3n) is 2.82. The van der Waals surface area contributed by atoms with Gasteiger partial charge in [-0.05, 0) is 37.5 Å². The summed E-state index contributed by atoms with van der Waals surface area (Å²) in [4.78, 5) is 4.04. The van der Waals surface area contributed by atoms with E-state index in [1.54, 1.807) is 0 Å². The molecule has 1 heterocycles. The van der Waals surface area contributed by atoms with E-state index in [9.17, 15) is 0 Å². The molecule has 0 spiro atoms. The fourth-order valence-corrected chi connectivity index (χ4v) is 1.86. The predicted molar refractivity (Wildman–Crippen MR) is 64.8 cm³/mol. The van der Waals surface area contributed by atoms with Gasteiger partial charge in [0.1, 0.15) is 0 Å². The van der Waals surface area contributed by atoms with Gasteiger partial charge in [-0.3, -0.25) is 4.98 Å². The molecule has 0 saturated carbocycles. The van der Waals surface area contributed by atoms with E-state index in [2.05, 4.69) is 43.2 Å². The van der Waals surface area contributed by atoms with Gasteiger partial charge in [-0.25, -0.2) is 0 Å². The summed E-state index contributed by atoms with van der Waals surface area (Å²) in [5.41, 5.74) is 1.32. The summed E-state index contributed by atoms with van der Waals surface area (Å²) in [6, 6.07) is 5.22. The highest BCUT2D eigenvalue weighted by molar-refractivity contribution is 5.14. The number of rotatable bonds is 6. The molecule has 0 aromatic carbocycles. The van der Waals surface area contributed by atoms with Crippen molar-refractivity contribution in [1.82, 2.24) is 10.3 Å². The highest BCUT2D eigenvalue weighted by Crippen LogP contribution is 2.13. The summed E-state index contributed by atoms with van der Waals surface area (Å²) in [6.07, 6.45) is 7.41. The van der Waals surface area contributed by atoms with Gasteiger partial charge in [0.2, 0.25) is 0 Å². The number of nitrogens with zero attached hydrogens (tertiary/aromatic N) is 1. The lowest BCUT2D eigenvalue weighted by molar-refractivity contribution is 0.417. The maximum absolute atomic E-state index is 4.04. The summed E-state index contributed by atoms with van der Waals surface area (Å²) in [7, 11) is 0. The Balaban J connectivity index is 2.50. The Morgan fingerprint density at radius 1 is 1.27 bits per heavy atom. The molecule has 0 fully saturated rings. The van der Waals surface area contributed by atoms with Crippen molar-refractivity contribution in [3.8, 4) is 0 Å². The zero-order valence-electron chi connectivity index (χ0n) is 10.0. The number of nitrogens with one attached hydrogen (secondary N) is 1. The molecule has 84 valence electrons. The zero-order valence-corrected chi connectivity index (χ0v) is 10.0. The summed E-state index contributed by atoms with van der Waals surface area (Å²) >= 11 is 0. The van der Waals surface area contributed by atoms with Crippen LogP contribution in [0, 0.1) is 0 Å². The second-order valence-electron chi connectivity index (χ2n) is 4.06. The highest BCUT2D eigenvalue weighted by atomic mass is 14.9. The van der Waals surface area contributed by atoms with Gasteiger partial charge in [0, 0.05) is 24.5 Å². The molecular formula is C13H22N2. The maximum Gasteiger partial charge on any atom is 0.0295 e. The van der Waals surface area contributed by atoms with Crippen LogP contribution in [-0.4, -0.2) is 11.0 Å². The third kappa shape index (κ3) is 4.00. The van der Waals surface area contributed by atoms with Crippen molar-refractivity contribution in [2.75, 3.05) is 0 Å². The van der Waals surface area contributed by atoms with Crippen molar-refractivity contribution >= 4 is 0 Å². The van der Waals surface area contributed by atoms with Crippen molar-refractivity contribution in [3.63, 3.8) is 0 Å². The van der Waals surface area contributed by atoms with Gasteiger partial charge < -0.3 is 5.32 Å². The summed E-state index contributed by atoms with van der Waals surface area (Å²) in [6.45, 7) is 6.70. The van der Waals surface area contributed by atoms with E-state index in [1.165, 1.54) is 24.8 Å². The fourth-order valence-electron chi connectivity index (χ4n) is 1.86. The van der Waals surface area contributed by atoms with E-state index in [1.807, 2.05) is 12.4 Å². The number of hydrogen-bond donors (Lipinski definition) is 1. The van der Waals surface area contributed by atoms with Crippen LogP contribution in [0.4, 0.5) is 0 Å². The van der Waals surface area contributed by atoms with Crippen LogP contribution in [0.2, 0.25) is 0 Å². The Hall–Kier alpha value is -0.890. The second kappa shape index (κ2) is 6.57. The van der Waals surface area contributed by atoms with Crippen molar-refractivity contribution in [2.24, 2.45) is 0 Å². The normalized spacial score (nSPS) is 14.9. The molecule has 1 rings (SSSR count). The lowest BCUT2D eigenvalue weighted by atomic mass is 10.1. The number of hydrogen-bond acceptors (Lipinski definition) is 2. The molecule has 0 radical (unpaired) electrons. The molecule has 0 saturated heterocycles.